The molecule has 106 valence electrons. The second kappa shape index (κ2) is 5.50. The number of hydrogen-bond donors (Lipinski definition) is 1. The van der Waals surface area contributed by atoms with Gasteiger partial charge in [0, 0.05) is 11.6 Å². The third kappa shape index (κ3) is 2.46. The van der Waals surface area contributed by atoms with E-state index in [0.29, 0.717) is 6.04 Å². The van der Waals surface area contributed by atoms with Crippen LogP contribution in [0.5, 0.6) is 0 Å². The van der Waals surface area contributed by atoms with Crippen molar-refractivity contribution in [3.63, 3.8) is 0 Å². The molecule has 1 N–H and O–H groups in total. The van der Waals surface area contributed by atoms with E-state index >= 15 is 0 Å². The van der Waals surface area contributed by atoms with E-state index in [9.17, 15) is 0 Å². The molecule has 5 atom stereocenters. The SMILES string of the molecule is CCC(C)(C(CC1CC2CCC1C2)NC)N(C)C. The fourth-order valence-corrected chi connectivity index (χ4v) is 4.52. The summed E-state index contributed by atoms with van der Waals surface area (Å²) in [6.45, 7) is 4.74. The van der Waals surface area contributed by atoms with E-state index < -0.39 is 0 Å². The predicted molar refractivity (Wildman–Crippen MR) is 78.8 cm³/mol. The fraction of sp³-hybridized carbons (Fsp3) is 1.00. The van der Waals surface area contributed by atoms with Crippen LogP contribution in [-0.2, 0) is 0 Å². The van der Waals surface area contributed by atoms with Crippen molar-refractivity contribution >= 4 is 0 Å². The summed E-state index contributed by atoms with van der Waals surface area (Å²) in [6, 6.07) is 0.627. The van der Waals surface area contributed by atoms with Crippen molar-refractivity contribution in [3.05, 3.63) is 0 Å². The lowest BCUT2D eigenvalue weighted by atomic mass is 9.77. The molecule has 0 radical (unpaired) electrons. The molecule has 2 aliphatic carbocycles. The van der Waals surface area contributed by atoms with E-state index in [2.05, 4.69) is 45.2 Å². The quantitative estimate of drug-likeness (QED) is 0.781. The maximum atomic E-state index is 3.62. The Morgan fingerprint density at radius 1 is 1.28 bits per heavy atom. The molecule has 2 rings (SSSR count). The van der Waals surface area contributed by atoms with Gasteiger partial charge in [-0.15, -0.1) is 0 Å². The van der Waals surface area contributed by atoms with Gasteiger partial charge in [0.25, 0.3) is 0 Å². The average Bonchev–Trinajstić information content (AvgIpc) is 2.96. The van der Waals surface area contributed by atoms with Crippen LogP contribution in [0.15, 0.2) is 0 Å². The molecular weight excluding hydrogens is 220 g/mol. The van der Waals surface area contributed by atoms with E-state index in [0.717, 1.165) is 17.8 Å². The molecule has 0 amide bonds. The maximum absolute atomic E-state index is 3.62. The van der Waals surface area contributed by atoms with Gasteiger partial charge in [-0.25, -0.2) is 0 Å². The van der Waals surface area contributed by atoms with Crippen LogP contribution in [0, 0.1) is 17.8 Å². The fourth-order valence-electron chi connectivity index (χ4n) is 4.52. The first-order chi connectivity index (χ1) is 8.51. The lowest BCUT2D eigenvalue weighted by Gasteiger charge is -2.44. The minimum Gasteiger partial charge on any atom is -0.315 e. The molecule has 2 saturated carbocycles. The summed E-state index contributed by atoms with van der Waals surface area (Å²) in [7, 11) is 6.61. The van der Waals surface area contributed by atoms with E-state index in [-0.39, 0.29) is 5.54 Å². The van der Waals surface area contributed by atoms with E-state index in [1.165, 1.54) is 38.5 Å². The van der Waals surface area contributed by atoms with E-state index in [1.54, 1.807) is 0 Å². The minimum absolute atomic E-state index is 0.288. The minimum atomic E-state index is 0.288. The van der Waals surface area contributed by atoms with Gasteiger partial charge < -0.3 is 10.2 Å². The van der Waals surface area contributed by atoms with Crippen molar-refractivity contribution in [1.29, 1.82) is 0 Å². The topological polar surface area (TPSA) is 15.3 Å². The van der Waals surface area contributed by atoms with Crippen molar-refractivity contribution in [2.24, 2.45) is 17.8 Å². The largest absolute Gasteiger partial charge is 0.315 e. The van der Waals surface area contributed by atoms with Crippen molar-refractivity contribution in [3.8, 4) is 0 Å². The van der Waals surface area contributed by atoms with Gasteiger partial charge >= 0.3 is 0 Å². The molecule has 2 fully saturated rings. The van der Waals surface area contributed by atoms with E-state index in [1.807, 2.05) is 0 Å². The third-order valence-corrected chi connectivity index (χ3v) is 6.26. The molecule has 0 saturated heterocycles. The Hall–Kier alpha value is -0.0800. The molecule has 2 nitrogen and oxygen atoms in total. The van der Waals surface area contributed by atoms with Crippen molar-refractivity contribution in [2.45, 2.75) is 64.0 Å². The summed E-state index contributed by atoms with van der Waals surface area (Å²) < 4.78 is 0. The first-order valence-electron chi connectivity index (χ1n) is 7.86. The zero-order chi connectivity index (χ0) is 13.3. The monoisotopic (exact) mass is 252 g/mol. The first-order valence-corrected chi connectivity index (χ1v) is 7.86. The maximum Gasteiger partial charge on any atom is 0.0325 e. The van der Waals surface area contributed by atoms with Gasteiger partial charge in [-0.2, -0.15) is 0 Å². The summed E-state index contributed by atoms with van der Waals surface area (Å²) in [5.41, 5.74) is 0.288. The van der Waals surface area contributed by atoms with Crippen molar-refractivity contribution in [2.75, 3.05) is 21.1 Å². The van der Waals surface area contributed by atoms with Gasteiger partial charge in [0.2, 0.25) is 0 Å². The van der Waals surface area contributed by atoms with Crippen LogP contribution in [0.1, 0.15) is 52.4 Å². The smallest absolute Gasteiger partial charge is 0.0325 e. The van der Waals surface area contributed by atoms with Crippen LogP contribution < -0.4 is 5.32 Å². The number of hydrogen-bond acceptors (Lipinski definition) is 2. The third-order valence-electron chi connectivity index (χ3n) is 6.26. The van der Waals surface area contributed by atoms with Gasteiger partial charge in [-0.05, 0) is 77.9 Å². The molecular formula is C16H32N2. The first kappa shape index (κ1) is 14.3. The Labute approximate surface area is 114 Å². The summed E-state index contributed by atoms with van der Waals surface area (Å²) in [5.74, 6) is 3.12. The number of nitrogens with zero attached hydrogens (tertiary/aromatic N) is 1. The van der Waals surface area contributed by atoms with Crippen LogP contribution in [0.3, 0.4) is 0 Å². The lowest BCUT2D eigenvalue weighted by Crippen LogP contribution is -2.56. The molecule has 2 heteroatoms. The van der Waals surface area contributed by atoms with Crippen LogP contribution in [0.2, 0.25) is 0 Å². The molecule has 2 bridgehead atoms. The highest BCUT2D eigenvalue weighted by Gasteiger charge is 2.43. The number of rotatable bonds is 6. The van der Waals surface area contributed by atoms with Crippen LogP contribution in [0.4, 0.5) is 0 Å². The summed E-state index contributed by atoms with van der Waals surface area (Å²) >= 11 is 0. The van der Waals surface area contributed by atoms with Crippen LogP contribution in [-0.4, -0.2) is 37.6 Å². The van der Waals surface area contributed by atoms with Crippen LogP contribution >= 0.6 is 0 Å². The van der Waals surface area contributed by atoms with Crippen molar-refractivity contribution < 1.29 is 0 Å². The standard InChI is InChI=1S/C16H32N2/c1-6-16(2,18(4)5)15(17-3)11-14-10-12-7-8-13(14)9-12/h12-15,17H,6-11H2,1-5H3. The Bertz CT molecular complexity index is 276. The Morgan fingerprint density at radius 2 is 2.00 bits per heavy atom. The normalized spacial score (nSPS) is 36.0. The van der Waals surface area contributed by atoms with Gasteiger partial charge in [0.1, 0.15) is 0 Å². The van der Waals surface area contributed by atoms with Gasteiger partial charge in [0.15, 0.2) is 0 Å². The van der Waals surface area contributed by atoms with Crippen LogP contribution in [0.25, 0.3) is 0 Å². The molecule has 0 aliphatic heterocycles. The Kier molecular flexibility index (Phi) is 4.38. The van der Waals surface area contributed by atoms with E-state index in [4.69, 9.17) is 0 Å². The summed E-state index contributed by atoms with van der Waals surface area (Å²) in [6.07, 6.45) is 8.66. The average molecular weight is 252 g/mol. The number of fused-ring (bicyclic) bond motifs is 2. The van der Waals surface area contributed by atoms with Gasteiger partial charge in [0.05, 0.1) is 0 Å². The molecule has 0 spiro atoms. The Morgan fingerprint density at radius 3 is 2.39 bits per heavy atom. The van der Waals surface area contributed by atoms with Gasteiger partial charge in [-0.1, -0.05) is 13.3 Å². The second-order valence-electron chi connectivity index (χ2n) is 7.12. The molecule has 5 unspecified atom stereocenters. The lowest BCUT2D eigenvalue weighted by molar-refractivity contribution is 0.0949. The Balaban J connectivity index is 2.00. The zero-order valence-electron chi connectivity index (χ0n) is 13.0. The molecule has 0 heterocycles. The predicted octanol–water partition coefficient (Wildman–Crippen LogP) is 3.13. The second-order valence-corrected chi connectivity index (χ2v) is 7.12. The number of likely N-dealkylation sites (N-methyl/N-ethyl adjacent to an activating group) is 2. The van der Waals surface area contributed by atoms with Gasteiger partial charge in [-0.3, -0.25) is 0 Å². The molecule has 0 aromatic rings. The molecule has 0 aromatic carbocycles. The molecule has 0 aromatic heterocycles. The summed E-state index contributed by atoms with van der Waals surface area (Å²) in [5, 5.41) is 3.62. The number of nitrogens with one attached hydrogen (secondary N) is 1. The molecule has 2 aliphatic rings. The summed E-state index contributed by atoms with van der Waals surface area (Å²) in [4.78, 5) is 2.42. The zero-order valence-corrected chi connectivity index (χ0v) is 13.0. The molecule has 18 heavy (non-hydrogen) atoms. The highest BCUT2D eigenvalue weighted by molar-refractivity contribution is 4.98. The van der Waals surface area contributed by atoms with Crippen molar-refractivity contribution in [1.82, 2.24) is 10.2 Å². The highest BCUT2D eigenvalue weighted by atomic mass is 15.2. The highest BCUT2D eigenvalue weighted by Crippen LogP contribution is 2.50.